The highest BCUT2D eigenvalue weighted by atomic mass is 35.5. The number of halogens is 1. The first kappa shape index (κ1) is 15.1. The van der Waals surface area contributed by atoms with Crippen LogP contribution in [0.5, 0.6) is 0 Å². The number of hydrogen-bond donors (Lipinski definition) is 0. The fourth-order valence-corrected chi connectivity index (χ4v) is 3.11. The van der Waals surface area contributed by atoms with E-state index in [-0.39, 0.29) is 5.91 Å². The van der Waals surface area contributed by atoms with Gasteiger partial charge in [-0.2, -0.15) is 5.10 Å². The first-order chi connectivity index (χ1) is 11.6. The molecule has 0 unspecified atom stereocenters. The van der Waals surface area contributed by atoms with Crippen LogP contribution in [0.3, 0.4) is 0 Å². The fraction of sp³-hybridized carbons (Fsp3) is 0.294. The van der Waals surface area contributed by atoms with E-state index in [1.54, 1.807) is 13.0 Å². The molecule has 1 fully saturated rings. The quantitative estimate of drug-likeness (QED) is 0.687. The lowest BCUT2D eigenvalue weighted by Gasteiger charge is -2.38. The maximum absolute atomic E-state index is 11.2. The van der Waals surface area contributed by atoms with Crippen LogP contribution in [0.25, 0.3) is 22.2 Å². The standard InChI is InChI=1S/C17H16ClN5O/c1-11(24)22-7-12(8-22)9-23-10-14(6-20-23)13-4-16-15(19-5-13)2-3-17(18)21-16/h2-6,10,12H,7-9H2,1H3. The summed E-state index contributed by atoms with van der Waals surface area (Å²) in [6.07, 6.45) is 5.65. The number of amides is 1. The molecule has 0 spiro atoms. The zero-order valence-corrected chi connectivity index (χ0v) is 13.9. The highest BCUT2D eigenvalue weighted by Crippen LogP contribution is 2.23. The molecule has 4 rings (SSSR count). The third kappa shape index (κ3) is 2.85. The number of likely N-dealkylation sites (tertiary alicyclic amines) is 1. The van der Waals surface area contributed by atoms with Gasteiger partial charge in [0.15, 0.2) is 0 Å². The summed E-state index contributed by atoms with van der Waals surface area (Å²) in [5, 5.41) is 4.88. The summed E-state index contributed by atoms with van der Waals surface area (Å²) >= 11 is 5.95. The number of carbonyl (C=O) groups excluding carboxylic acids is 1. The van der Waals surface area contributed by atoms with Gasteiger partial charge in [-0.15, -0.1) is 0 Å². The predicted molar refractivity (Wildman–Crippen MR) is 91.5 cm³/mol. The topological polar surface area (TPSA) is 63.9 Å². The van der Waals surface area contributed by atoms with Crippen molar-refractivity contribution in [3.8, 4) is 11.1 Å². The molecule has 7 heteroatoms. The summed E-state index contributed by atoms with van der Waals surface area (Å²) in [6, 6.07) is 5.56. The smallest absolute Gasteiger partial charge is 0.219 e. The second-order valence-corrected chi connectivity index (χ2v) is 6.52. The van der Waals surface area contributed by atoms with E-state index < -0.39 is 0 Å². The van der Waals surface area contributed by atoms with Crippen LogP contribution < -0.4 is 0 Å². The van der Waals surface area contributed by atoms with Crippen LogP contribution in [0, 0.1) is 5.92 Å². The highest BCUT2D eigenvalue weighted by Gasteiger charge is 2.28. The molecule has 1 saturated heterocycles. The number of pyridine rings is 2. The van der Waals surface area contributed by atoms with Gasteiger partial charge < -0.3 is 4.90 Å². The Labute approximate surface area is 144 Å². The number of aromatic nitrogens is 4. The summed E-state index contributed by atoms with van der Waals surface area (Å²) in [6.45, 7) is 4.04. The van der Waals surface area contributed by atoms with E-state index in [2.05, 4.69) is 15.1 Å². The van der Waals surface area contributed by atoms with Crippen molar-refractivity contribution in [2.45, 2.75) is 13.5 Å². The van der Waals surface area contributed by atoms with Crippen LogP contribution in [0.15, 0.2) is 36.8 Å². The SMILES string of the molecule is CC(=O)N1CC(Cn2cc(-c3cnc4ccc(Cl)nc4c3)cn2)C1. The Bertz CT molecular complexity index is 916. The number of rotatable bonds is 3. The number of carbonyl (C=O) groups is 1. The van der Waals surface area contributed by atoms with Crippen molar-refractivity contribution >= 4 is 28.5 Å². The lowest BCUT2D eigenvalue weighted by atomic mass is 10.0. The van der Waals surface area contributed by atoms with Crippen molar-refractivity contribution in [2.75, 3.05) is 13.1 Å². The molecule has 0 N–H and O–H groups in total. The van der Waals surface area contributed by atoms with Crippen LogP contribution in [0.2, 0.25) is 5.15 Å². The van der Waals surface area contributed by atoms with E-state index in [0.717, 1.165) is 41.8 Å². The minimum Gasteiger partial charge on any atom is -0.342 e. The van der Waals surface area contributed by atoms with Gasteiger partial charge in [0.25, 0.3) is 0 Å². The molecule has 0 bridgehead atoms. The number of hydrogen-bond acceptors (Lipinski definition) is 4. The monoisotopic (exact) mass is 341 g/mol. The molecule has 24 heavy (non-hydrogen) atoms. The van der Waals surface area contributed by atoms with Crippen LogP contribution in [0.4, 0.5) is 0 Å². The van der Waals surface area contributed by atoms with E-state index in [4.69, 9.17) is 11.6 Å². The summed E-state index contributed by atoms with van der Waals surface area (Å²) in [5.41, 5.74) is 3.54. The van der Waals surface area contributed by atoms with E-state index in [1.165, 1.54) is 0 Å². The number of nitrogens with zero attached hydrogens (tertiary/aromatic N) is 5. The van der Waals surface area contributed by atoms with Crippen LogP contribution in [-0.2, 0) is 11.3 Å². The fourth-order valence-electron chi connectivity index (χ4n) is 2.96. The van der Waals surface area contributed by atoms with Gasteiger partial charge in [-0.05, 0) is 18.2 Å². The lowest BCUT2D eigenvalue weighted by Crippen LogP contribution is -2.50. The molecule has 0 aromatic carbocycles. The van der Waals surface area contributed by atoms with Gasteiger partial charge in [0.2, 0.25) is 5.91 Å². The van der Waals surface area contributed by atoms with E-state index in [0.29, 0.717) is 11.1 Å². The predicted octanol–water partition coefficient (Wildman–Crippen LogP) is 2.63. The van der Waals surface area contributed by atoms with Crippen LogP contribution in [0.1, 0.15) is 6.92 Å². The summed E-state index contributed by atoms with van der Waals surface area (Å²) in [4.78, 5) is 21.8. The Morgan fingerprint density at radius 1 is 1.25 bits per heavy atom. The minimum atomic E-state index is 0.140. The highest BCUT2D eigenvalue weighted by molar-refractivity contribution is 6.29. The Balaban J connectivity index is 1.51. The van der Waals surface area contributed by atoms with Crippen molar-refractivity contribution in [3.05, 3.63) is 41.9 Å². The molecule has 0 radical (unpaired) electrons. The van der Waals surface area contributed by atoms with Crippen LogP contribution >= 0.6 is 11.6 Å². The van der Waals surface area contributed by atoms with E-state index >= 15 is 0 Å². The maximum Gasteiger partial charge on any atom is 0.219 e. The zero-order valence-electron chi connectivity index (χ0n) is 13.2. The first-order valence-corrected chi connectivity index (χ1v) is 8.17. The van der Waals surface area contributed by atoms with Crippen molar-refractivity contribution < 1.29 is 4.79 Å². The van der Waals surface area contributed by atoms with Crippen molar-refractivity contribution in [3.63, 3.8) is 0 Å². The molecule has 0 aliphatic carbocycles. The Morgan fingerprint density at radius 3 is 2.88 bits per heavy atom. The van der Waals surface area contributed by atoms with Gasteiger partial charge in [0, 0.05) is 56.0 Å². The zero-order chi connectivity index (χ0) is 16.7. The molecule has 3 aromatic heterocycles. The minimum absolute atomic E-state index is 0.140. The Kier molecular flexibility index (Phi) is 3.69. The third-order valence-corrected chi connectivity index (χ3v) is 4.53. The van der Waals surface area contributed by atoms with Gasteiger partial charge in [-0.25, -0.2) is 4.98 Å². The first-order valence-electron chi connectivity index (χ1n) is 7.79. The molecule has 1 amide bonds. The Hall–Kier alpha value is -2.47. The van der Waals surface area contributed by atoms with E-state index in [9.17, 15) is 4.79 Å². The molecular formula is C17H16ClN5O. The Morgan fingerprint density at radius 2 is 2.08 bits per heavy atom. The number of fused-ring (bicyclic) bond motifs is 1. The van der Waals surface area contributed by atoms with Gasteiger partial charge >= 0.3 is 0 Å². The molecule has 6 nitrogen and oxygen atoms in total. The van der Waals surface area contributed by atoms with Gasteiger partial charge in [0.05, 0.1) is 17.2 Å². The van der Waals surface area contributed by atoms with Gasteiger partial charge in [0.1, 0.15) is 5.15 Å². The summed E-state index contributed by atoms with van der Waals surface area (Å²) in [7, 11) is 0. The average molecular weight is 342 g/mol. The molecule has 1 aliphatic heterocycles. The lowest BCUT2D eigenvalue weighted by molar-refractivity contribution is -0.135. The van der Waals surface area contributed by atoms with E-state index in [1.807, 2.05) is 40.3 Å². The molecule has 0 saturated carbocycles. The molecule has 122 valence electrons. The van der Waals surface area contributed by atoms with Crippen LogP contribution in [-0.4, -0.2) is 43.6 Å². The van der Waals surface area contributed by atoms with Gasteiger partial charge in [-0.3, -0.25) is 14.5 Å². The van der Waals surface area contributed by atoms with Crippen molar-refractivity contribution in [1.29, 1.82) is 0 Å². The maximum atomic E-state index is 11.2. The molecule has 4 heterocycles. The second-order valence-electron chi connectivity index (χ2n) is 6.14. The average Bonchev–Trinajstić information content (AvgIpc) is 2.98. The normalized spacial score (nSPS) is 14.8. The largest absolute Gasteiger partial charge is 0.342 e. The summed E-state index contributed by atoms with van der Waals surface area (Å²) in [5.74, 6) is 0.609. The molecule has 0 atom stereocenters. The molecule has 3 aromatic rings. The van der Waals surface area contributed by atoms with Crippen molar-refractivity contribution in [1.82, 2.24) is 24.6 Å². The molecular weight excluding hydrogens is 326 g/mol. The van der Waals surface area contributed by atoms with Crippen molar-refractivity contribution in [2.24, 2.45) is 5.92 Å². The van der Waals surface area contributed by atoms with Gasteiger partial charge in [-0.1, -0.05) is 11.6 Å². The third-order valence-electron chi connectivity index (χ3n) is 4.32. The summed E-state index contributed by atoms with van der Waals surface area (Å²) < 4.78 is 1.92. The second kappa shape index (κ2) is 5.87. The molecule has 1 aliphatic rings.